The monoisotopic (exact) mass is 253 g/mol. The first kappa shape index (κ1) is 12.4. The third-order valence-corrected chi connectivity index (χ3v) is 4.34. The zero-order valence-electron chi connectivity index (χ0n) is 10.1. The van der Waals surface area contributed by atoms with Gasteiger partial charge < -0.3 is 4.90 Å². The number of hydrogen-bond donors (Lipinski definition) is 0. The van der Waals surface area contributed by atoms with E-state index in [1.54, 1.807) is 37.1 Å². The van der Waals surface area contributed by atoms with Gasteiger partial charge >= 0.3 is 0 Å². The molecule has 0 aromatic heterocycles. The molecule has 1 aliphatic heterocycles. The molecule has 1 atom stereocenters. The van der Waals surface area contributed by atoms with Gasteiger partial charge in [0.05, 0.1) is 5.56 Å². The van der Waals surface area contributed by atoms with Gasteiger partial charge in [-0.2, -0.15) is 11.8 Å². The average Bonchev–Trinajstić information content (AvgIpc) is 2.84. The minimum absolute atomic E-state index is 0.185. The summed E-state index contributed by atoms with van der Waals surface area (Å²) < 4.78 is 13.8. The fraction of sp³-hybridized carbons (Fsp3) is 0.462. The molecule has 0 radical (unpaired) electrons. The lowest BCUT2D eigenvalue weighted by Gasteiger charge is -2.24. The Bertz CT molecular complexity index is 429. The van der Waals surface area contributed by atoms with E-state index in [1.807, 2.05) is 11.8 Å². The van der Waals surface area contributed by atoms with E-state index in [2.05, 4.69) is 0 Å². The maximum Gasteiger partial charge on any atom is 0.256 e. The van der Waals surface area contributed by atoms with Gasteiger partial charge in [0.15, 0.2) is 0 Å². The molecule has 0 N–H and O–H groups in total. The summed E-state index contributed by atoms with van der Waals surface area (Å²) in [6, 6.07) is 5.20. The number of nitrogens with zero attached hydrogens (tertiary/aromatic N) is 1. The summed E-state index contributed by atoms with van der Waals surface area (Å²) >= 11 is 1.84. The Morgan fingerprint density at radius 1 is 1.53 bits per heavy atom. The van der Waals surface area contributed by atoms with Crippen LogP contribution in [0.4, 0.5) is 4.39 Å². The standard InChI is InChI=1S/C13H16FNOS/c1-9-4-3-5-11(12(9)14)13(16)15(2)10-6-7-17-8-10/h3-5,10H,6-8H2,1-2H3. The molecule has 0 aliphatic carbocycles. The van der Waals surface area contributed by atoms with Crippen LogP contribution in [0.15, 0.2) is 18.2 Å². The number of aryl methyl sites for hydroxylation is 1. The molecule has 4 heteroatoms. The summed E-state index contributed by atoms with van der Waals surface area (Å²) in [5.74, 6) is 1.43. The third kappa shape index (κ3) is 2.46. The number of rotatable bonds is 2. The van der Waals surface area contributed by atoms with Crippen molar-refractivity contribution in [3.8, 4) is 0 Å². The lowest BCUT2D eigenvalue weighted by Crippen LogP contribution is -2.37. The molecule has 1 fully saturated rings. The van der Waals surface area contributed by atoms with Crippen molar-refractivity contribution in [1.29, 1.82) is 0 Å². The predicted molar refractivity (Wildman–Crippen MR) is 69.0 cm³/mol. The van der Waals surface area contributed by atoms with E-state index in [0.29, 0.717) is 5.56 Å². The van der Waals surface area contributed by atoms with Gasteiger partial charge in [0, 0.05) is 18.8 Å². The molecule has 0 bridgehead atoms. The second-order valence-corrected chi connectivity index (χ2v) is 5.52. The Balaban J connectivity index is 2.21. The molecule has 92 valence electrons. The first-order chi connectivity index (χ1) is 8.11. The Kier molecular flexibility index (Phi) is 3.72. The topological polar surface area (TPSA) is 20.3 Å². The van der Waals surface area contributed by atoms with Crippen LogP contribution >= 0.6 is 11.8 Å². The second kappa shape index (κ2) is 5.08. The minimum Gasteiger partial charge on any atom is -0.338 e. The minimum atomic E-state index is -0.394. The Labute approximate surface area is 105 Å². The van der Waals surface area contributed by atoms with Crippen molar-refractivity contribution in [3.63, 3.8) is 0 Å². The Morgan fingerprint density at radius 3 is 2.94 bits per heavy atom. The molecule has 1 aromatic rings. The van der Waals surface area contributed by atoms with Crippen molar-refractivity contribution >= 4 is 17.7 Å². The van der Waals surface area contributed by atoms with Crippen LogP contribution in [0, 0.1) is 12.7 Å². The number of carbonyl (C=O) groups excluding carboxylic acids is 1. The van der Waals surface area contributed by atoms with Gasteiger partial charge in [0.25, 0.3) is 5.91 Å². The van der Waals surface area contributed by atoms with Crippen molar-refractivity contribution in [2.45, 2.75) is 19.4 Å². The smallest absolute Gasteiger partial charge is 0.256 e. The van der Waals surface area contributed by atoms with Crippen molar-refractivity contribution in [2.75, 3.05) is 18.6 Å². The van der Waals surface area contributed by atoms with E-state index in [9.17, 15) is 9.18 Å². The number of halogens is 1. The van der Waals surface area contributed by atoms with Gasteiger partial charge in [0.2, 0.25) is 0 Å². The molecule has 1 heterocycles. The predicted octanol–water partition coefficient (Wildman–Crippen LogP) is 2.71. The van der Waals surface area contributed by atoms with Crippen molar-refractivity contribution in [2.24, 2.45) is 0 Å². The quantitative estimate of drug-likeness (QED) is 0.807. The van der Waals surface area contributed by atoms with Gasteiger partial charge in [-0.15, -0.1) is 0 Å². The van der Waals surface area contributed by atoms with Crippen LogP contribution < -0.4 is 0 Å². The van der Waals surface area contributed by atoms with E-state index >= 15 is 0 Å². The van der Waals surface area contributed by atoms with Crippen LogP contribution in [0.2, 0.25) is 0 Å². The largest absolute Gasteiger partial charge is 0.338 e. The van der Waals surface area contributed by atoms with Crippen molar-refractivity contribution in [1.82, 2.24) is 4.90 Å². The van der Waals surface area contributed by atoms with E-state index < -0.39 is 5.82 Å². The first-order valence-corrected chi connectivity index (χ1v) is 6.86. The van der Waals surface area contributed by atoms with E-state index in [-0.39, 0.29) is 17.5 Å². The number of amides is 1. The molecule has 1 unspecified atom stereocenters. The second-order valence-electron chi connectivity index (χ2n) is 4.37. The molecule has 1 aliphatic rings. The molecule has 0 spiro atoms. The number of thioether (sulfide) groups is 1. The fourth-order valence-electron chi connectivity index (χ4n) is 2.00. The summed E-state index contributed by atoms with van der Waals surface area (Å²) in [6.07, 6.45) is 1.00. The van der Waals surface area contributed by atoms with Gasteiger partial charge in [-0.05, 0) is 30.7 Å². The molecular weight excluding hydrogens is 237 g/mol. The van der Waals surface area contributed by atoms with E-state index in [0.717, 1.165) is 17.9 Å². The molecule has 2 rings (SSSR count). The molecular formula is C13H16FNOS. The highest BCUT2D eigenvalue weighted by Crippen LogP contribution is 2.23. The van der Waals surface area contributed by atoms with E-state index in [4.69, 9.17) is 0 Å². The van der Waals surface area contributed by atoms with Crippen LogP contribution in [0.1, 0.15) is 22.3 Å². The molecule has 17 heavy (non-hydrogen) atoms. The zero-order chi connectivity index (χ0) is 12.4. The Hall–Kier alpha value is -1.03. The summed E-state index contributed by atoms with van der Waals surface area (Å²) in [4.78, 5) is 13.9. The SMILES string of the molecule is Cc1cccc(C(=O)N(C)C2CCSC2)c1F. The molecule has 0 saturated carbocycles. The number of carbonyl (C=O) groups is 1. The highest BCUT2D eigenvalue weighted by Gasteiger charge is 2.26. The van der Waals surface area contributed by atoms with Crippen LogP contribution in [0.5, 0.6) is 0 Å². The maximum absolute atomic E-state index is 13.8. The summed E-state index contributed by atoms with van der Waals surface area (Å²) in [7, 11) is 1.76. The first-order valence-electron chi connectivity index (χ1n) is 5.71. The van der Waals surface area contributed by atoms with Crippen LogP contribution in [-0.2, 0) is 0 Å². The number of hydrogen-bond acceptors (Lipinski definition) is 2. The molecule has 1 amide bonds. The van der Waals surface area contributed by atoms with Gasteiger partial charge in [0.1, 0.15) is 5.82 Å². The zero-order valence-corrected chi connectivity index (χ0v) is 10.9. The van der Waals surface area contributed by atoms with E-state index in [1.165, 1.54) is 0 Å². The normalized spacial score (nSPS) is 19.4. The van der Waals surface area contributed by atoms with Crippen LogP contribution in [0.3, 0.4) is 0 Å². The highest BCUT2D eigenvalue weighted by molar-refractivity contribution is 7.99. The summed E-state index contributed by atoms with van der Waals surface area (Å²) in [5, 5.41) is 0. The highest BCUT2D eigenvalue weighted by atomic mass is 32.2. The Morgan fingerprint density at radius 2 is 2.29 bits per heavy atom. The third-order valence-electron chi connectivity index (χ3n) is 3.20. The van der Waals surface area contributed by atoms with Crippen molar-refractivity contribution < 1.29 is 9.18 Å². The lowest BCUT2D eigenvalue weighted by molar-refractivity contribution is 0.0743. The van der Waals surface area contributed by atoms with Crippen molar-refractivity contribution in [3.05, 3.63) is 35.1 Å². The van der Waals surface area contributed by atoms with Gasteiger partial charge in [-0.3, -0.25) is 4.79 Å². The maximum atomic E-state index is 13.8. The average molecular weight is 253 g/mol. The summed E-state index contributed by atoms with van der Waals surface area (Å²) in [6.45, 7) is 1.68. The lowest BCUT2D eigenvalue weighted by atomic mass is 10.1. The van der Waals surface area contributed by atoms with Crippen LogP contribution in [-0.4, -0.2) is 35.4 Å². The molecule has 1 aromatic carbocycles. The van der Waals surface area contributed by atoms with Gasteiger partial charge in [-0.1, -0.05) is 12.1 Å². The fourth-order valence-corrected chi connectivity index (χ4v) is 3.26. The molecule has 1 saturated heterocycles. The van der Waals surface area contributed by atoms with Gasteiger partial charge in [-0.25, -0.2) is 4.39 Å². The summed E-state index contributed by atoms with van der Waals surface area (Å²) in [5.41, 5.74) is 0.703. The number of benzene rings is 1. The van der Waals surface area contributed by atoms with Crippen LogP contribution in [0.25, 0.3) is 0 Å². The molecule has 2 nitrogen and oxygen atoms in total.